The average Bonchev–Trinajstić information content (AvgIpc) is 3.03. The summed E-state index contributed by atoms with van der Waals surface area (Å²) in [6, 6.07) is 5.95. The van der Waals surface area contributed by atoms with Gasteiger partial charge in [0.15, 0.2) is 6.61 Å². The Labute approximate surface area is 153 Å². The Hall–Kier alpha value is -2.97. The Bertz CT molecular complexity index is 815. The Balaban J connectivity index is 2.08. The predicted molar refractivity (Wildman–Crippen MR) is 91.6 cm³/mol. The molecule has 0 saturated carbocycles. The maximum absolute atomic E-state index is 12.9. The van der Waals surface area contributed by atoms with Crippen LogP contribution in [0.2, 0.25) is 0 Å². The lowest BCUT2D eigenvalue weighted by Gasteiger charge is -2.15. The normalized spacial score (nSPS) is 11.1. The van der Waals surface area contributed by atoms with Gasteiger partial charge in [0, 0.05) is 13.2 Å². The zero-order valence-corrected chi connectivity index (χ0v) is 14.8. The van der Waals surface area contributed by atoms with Gasteiger partial charge < -0.3 is 19.4 Å². The summed E-state index contributed by atoms with van der Waals surface area (Å²) >= 11 is 0. The lowest BCUT2D eigenvalue weighted by molar-refractivity contribution is -0.137. The van der Waals surface area contributed by atoms with E-state index in [2.05, 4.69) is 5.32 Å². The molecule has 9 heteroatoms. The molecule has 0 aliphatic carbocycles. The van der Waals surface area contributed by atoms with Crippen molar-refractivity contribution >= 4 is 17.6 Å². The Morgan fingerprint density at radius 2 is 1.96 bits per heavy atom. The van der Waals surface area contributed by atoms with E-state index in [0.717, 1.165) is 18.2 Å². The maximum atomic E-state index is 12.9. The Kier molecular flexibility index (Phi) is 6.49. The number of carbonyl (C=O) groups is 2. The smallest absolute Gasteiger partial charge is 0.416 e. The summed E-state index contributed by atoms with van der Waals surface area (Å²) in [5.41, 5.74) is -0.825. The number of aryl methyl sites for hydroxylation is 1. The van der Waals surface area contributed by atoms with Crippen LogP contribution in [0.15, 0.2) is 36.5 Å². The predicted octanol–water partition coefficient (Wildman–Crippen LogP) is 3.63. The zero-order valence-electron chi connectivity index (χ0n) is 14.8. The second kappa shape index (κ2) is 8.61. The minimum Gasteiger partial charge on any atom is -0.491 e. The first kappa shape index (κ1) is 20.3. The number of benzene rings is 1. The van der Waals surface area contributed by atoms with Gasteiger partial charge in [-0.2, -0.15) is 13.2 Å². The molecular weight excluding hydrogens is 365 g/mol. The highest BCUT2D eigenvalue weighted by Crippen LogP contribution is 2.35. The van der Waals surface area contributed by atoms with Crippen LogP contribution in [-0.2, 0) is 22.8 Å². The highest BCUT2D eigenvalue weighted by Gasteiger charge is 2.31. The summed E-state index contributed by atoms with van der Waals surface area (Å²) in [5, 5.41) is 2.30. The van der Waals surface area contributed by atoms with Gasteiger partial charge in [-0.25, -0.2) is 4.79 Å². The molecule has 2 aromatic rings. The monoisotopic (exact) mass is 384 g/mol. The summed E-state index contributed by atoms with van der Waals surface area (Å²) in [5.74, 6) is -1.39. The van der Waals surface area contributed by atoms with Crippen molar-refractivity contribution in [1.29, 1.82) is 0 Å². The lowest BCUT2D eigenvalue weighted by atomic mass is 10.1. The third kappa shape index (κ3) is 5.50. The standard InChI is InChI=1S/C18H19F3N2O4/c1-3-9-26-15-7-6-12(18(19,20)21)10-13(15)22-16(24)11-27-17(25)14-5-4-8-23(14)2/h4-8,10H,3,9,11H2,1-2H3,(H,22,24). The van der Waals surface area contributed by atoms with Gasteiger partial charge in [0.1, 0.15) is 11.4 Å². The van der Waals surface area contributed by atoms with Crippen LogP contribution in [0, 0.1) is 0 Å². The fraction of sp³-hybridized carbons (Fsp3) is 0.333. The molecular formula is C18H19F3N2O4. The largest absolute Gasteiger partial charge is 0.491 e. The zero-order chi connectivity index (χ0) is 20.0. The molecule has 1 N–H and O–H groups in total. The van der Waals surface area contributed by atoms with Crippen LogP contribution < -0.4 is 10.1 Å². The highest BCUT2D eigenvalue weighted by atomic mass is 19.4. The van der Waals surface area contributed by atoms with Crippen LogP contribution in [0.5, 0.6) is 5.75 Å². The van der Waals surface area contributed by atoms with Gasteiger partial charge >= 0.3 is 12.1 Å². The van der Waals surface area contributed by atoms with Crippen LogP contribution in [0.25, 0.3) is 0 Å². The second-order valence-corrected chi connectivity index (χ2v) is 5.69. The number of hydrogen-bond acceptors (Lipinski definition) is 4. The highest BCUT2D eigenvalue weighted by molar-refractivity contribution is 5.96. The number of ether oxygens (including phenoxy) is 2. The first-order chi connectivity index (χ1) is 12.7. The molecule has 6 nitrogen and oxygen atoms in total. The molecule has 0 bridgehead atoms. The summed E-state index contributed by atoms with van der Waals surface area (Å²) in [4.78, 5) is 23.9. The summed E-state index contributed by atoms with van der Waals surface area (Å²) < 4.78 is 50.5. The van der Waals surface area contributed by atoms with E-state index >= 15 is 0 Å². The number of hydrogen-bond donors (Lipinski definition) is 1. The molecule has 27 heavy (non-hydrogen) atoms. The second-order valence-electron chi connectivity index (χ2n) is 5.69. The number of anilines is 1. The molecule has 2 rings (SSSR count). The summed E-state index contributed by atoms with van der Waals surface area (Å²) in [7, 11) is 1.64. The van der Waals surface area contributed by atoms with E-state index in [9.17, 15) is 22.8 Å². The van der Waals surface area contributed by atoms with Crippen molar-refractivity contribution in [3.63, 3.8) is 0 Å². The number of halogens is 3. The molecule has 0 atom stereocenters. The van der Waals surface area contributed by atoms with E-state index in [4.69, 9.17) is 9.47 Å². The molecule has 0 aliphatic heterocycles. The van der Waals surface area contributed by atoms with Crippen LogP contribution in [0.3, 0.4) is 0 Å². The maximum Gasteiger partial charge on any atom is 0.416 e. The molecule has 0 spiro atoms. The number of nitrogens with zero attached hydrogens (tertiary/aromatic N) is 1. The molecule has 0 fully saturated rings. The summed E-state index contributed by atoms with van der Waals surface area (Å²) in [6.07, 6.45) is -2.29. The van der Waals surface area contributed by atoms with Crippen molar-refractivity contribution < 1.29 is 32.2 Å². The fourth-order valence-corrected chi connectivity index (χ4v) is 2.21. The number of alkyl halides is 3. The minimum atomic E-state index is -4.57. The number of esters is 1. The van der Waals surface area contributed by atoms with Crippen LogP contribution in [-0.4, -0.2) is 29.7 Å². The quantitative estimate of drug-likeness (QED) is 0.741. The van der Waals surface area contributed by atoms with Crippen LogP contribution >= 0.6 is 0 Å². The van der Waals surface area contributed by atoms with Gasteiger partial charge in [-0.1, -0.05) is 6.92 Å². The number of aromatic nitrogens is 1. The molecule has 0 aliphatic rings. The Morgan fingerprint density at radius 1 is 1.22 bits per heavy atom. The van der Waals surface area contributed by atoms with Crippen LogP contribution in [0.4, 0.5) is 18.9 Å². The molecule has 1 amide bonds. The van der Waals surface area contributed by atoms with Gasteiger partial charge in [0.25, 0.3) is 5.91 Å². The molecule has 1 heterocycles. The van der Waals surface area contributed by atoms with Gasteiger partial charge in [0.05, 0.1) is 17.9 Å². The van der Waals surface area contributed by atoms with Crippen molar-refractivity contribution in [3.8, 4) is 5.75 Å². The molecule has 0 saturated heterocycles. The van der Waals surface area contributed by atoms with Gasteiger partial charge in [-0.05, 0) is 36.8 Å². The molecule has 1 aromatic carbocycles. The fourth-order valence-electron chi connectivity index (χ4n) is 2.21. The van der Waals surface area contributed by atoms with Gasteiger partial charge in [-0.15, -0.1) is 0 Å². The van der Waals surface area contributed by atoms with Crippen molar-refractivity contribution in [3.05, 3.63) is 47.8 Å². The molecule has 0 radical (unpaired) electrons. The third-order valence-electron chi connectivity index (χ3n) is 3.53. The molecule has 0 unspecified atom stereocenters. The van der Waals surface area contributed by atoms with E-state index < -0.39 is 30.2 Å². The van der Waals surface area contributed by atoms with Crippen molar-refractivity contribution in [2.24, 2.45) is 7.05 Å². The topological polar surface area (TPSA) is 69.6 Å². The van der Waals surface area contributed by atoms with Gasteiger partial charge in [-0.3, -0.25) is 4.79 Å². The van der Waals surface area contributed by atoms with Crippen molar-refractivity contribution in [2.75, 3.05) is 18.5 Å². The van der Waals surface area contributed by atoms with E-state index in [-0.39, 0.29) is 23.7 Å². The van der Waals surface area contributed by atoms with Crippen molar-refractivity contribution in [2.45, 2.75) is 19.5 Å². The lowest BCUT2D eigenvalue weighted by Crippen LogP contribution is -2.22. The summed E-state index contributed by atoms with van der Waals surface area (Å²) in [6.45, 7) is 1.47. The number of nitrogens with one attached hydrogen (secondary N) is 1. The first-order valence-corrected chi connectivity index (χ1v) is 8.14. The van der Waals surface area contributed by atoms with E-state index in [0.29, 0.717) is 6.42 Å². The number of carbonyl (C=O) groups excluding carboxylic acids is 2. The third-order valence-corrected chi connectivity index (χ3v) is 3.53. The Morgan fingerprint density at radius 3 is 2.56 bits per heavy atom. The molecule has 146 valence electrons. The SMILES string of the molecule is CCCOc1ccc(C(F)(F)F)cc1NC(=O)COC(=O)c1cccn1C. The van der Waals surface area contributed by atoms with Crippen LogP contribution in [0.1, 0.15) is 29.4 Å². The average molecular weight is 384 g/mol. The molecule has 1 aromatic heterocycles. The van der Waals surface area contributed by atoms with E-state index in [1.807, 2.05) is 6.92 Å². The van der Waals surface area contributed by atoms with Gasteiger partial charge in [0.2, 0.25) is 0 Å². The van der Waals surface area contributed by atoms with E-state index in [1.165, 1.54) is 10.6 Å². The number of rotatable bonds is 7. The number of amides is 1. The minimum absolute atomic E-state index is 0.104. The first-order valence-electron chi connectivity index (χ1n) is 8.14. The van der Waals surface area contributed by atoms with Crippen molar-refractivity contribution in [1.82, 2.24) is 4.57 Å². The van der Waals surface area contributed by atoms with E-state index in [1.54, 1.807) is 19.3 Å².